The Hall–Kier alpha value is -2.40. The van der Waals surface area contributed by atoms with Gasteiger partial charge < -0.3 is 34.8 Å². The number of piperidine rings is 1. The van der Waals surface area contributed by atoms with Crippen LogP contribution < -0.4 is 20.3 Å². The van der Waals surface area contributed by atoms with Crippen molar-refractivity contribution in [2.75, 3.05) is 105 Å². The Morgan fingerprint density at radius 1 is 1.07 bits per heavy atom. The average Bonchev–Trinajstić information content (AvgIpc) is 2.96. The van der Waals surface area contributed by atoms with Crippen molar-refractivity contribution in [1.29, 1.82) is 0 Å². The lowest BCUT2D eigenvalue weighted by Crippen LogP contribution is -2.47. The first-order valence-electron chi connectivity index (χ1n) is 15.1. The molecule has 1 aromatic carbocycles. The topological polar surface area (TPSA) is 89.6 Å². The Labute approximate surface area is 240 Å². The number of ether oxygens (including phenoxy) is 2. The van der Waals surface area contributed by atoms with Crippen LogP contribution in [-0.4, -0.2) is 126 Å². The molecule has 2 atom stereocenters. The molecular weight excluding hydrogens is 508 g/mol. The first-order chi connectivity index (χ1) is 19.4. The Bertz CT molecular complexity index is 954. The molecule has 10 heteroatoms. The predicted octanol–water partition coefficient (Wildman–Crippen LogP) is 1.25. The van der Waals surface area contributed by atoms with Gasteiger partial charge in [0.05, 0.1) is 26.4 Å². The molecule has 0 saturated carbocycles. The third-order valence-corrected chi connectivity index (χ3v) is 8.48. The summed E-state index contributed by atoms with van der Waals surface area (Å²) in [6.07, 6.45) is 3.25. The van der Waals surface area contributed by atoms with Crippen LogP contribution in [0, 0.1) is 11.8 Å². The quantitative estimate of drug-likeness (QED) is 0.468. The summed E-state index contributed by atoms with van der Waals surface area (Å²) in [6, 6.07) is 6.35. The van der Waals surface area contributed by atoms with Gasteiger partial charge in [-0.1, -0.05) is 0 Å². The summed E-state index contributed by atoms with van der Waals surface area (Å²) < 4.78 is 11.7. The summed E-state index contributed by atoms with van der Waals surface area (Å²) in [6.45, 7) is 9.82. The van der Waals surface area contributed by atoms with Crippen LogP contribution in [0.5, 0.6) is 5.75 Å². The molecular formula is C30H50N6O4. The van der Waals surface area contributed by atoms with Gasteiger partial charge in [-0.05, 0) is 63.4 Å². The summed E-state index contributed by atoms with van der Waals surface area (Å²) >= 11 is 0. The number of benzene rings is 1. The lowest BCUT2D eigenvalue weighted by Gasteiger charge is -2.38. The average molecular weight is 559 g/mol. The molecule has 2 bridgehead atoms. The first-order valence-corrected chi connectivity index (χ1v) is 15.1. The molecule has 2 amide bonds. The highest BCUT2D eigenvalue weighted by Gasteiger charge is 2.32. The van der Waals surface area contributed by atoms with Crippen molar-refractivity contribution >= 4 is 17.5 Å². The van der Waals surface area contributed by atoms with E-state index in [4.69, 9.17) is 9.47 Å². The van der Waals surface area contributed by atoms with E-state index in [0.717, 1.165) is 95.3 Å². The summed E-state index contributed by atoms with van der Waals surface area (Å²) in [5.74, 6) is 1.74. The lowest BCUT2D eigenvalue weighted by atomic mass is 9.80. The van der Waals surface area contributed by atoms with E-state index in [2.05, 4.69) is 64.7 Å². The van der Waals surface area contributed by atoms with E-state index in [-0.39, 0.29) is 17.7 Å². The highest BCUT2D eigenvalue weighted by atomic mass is 16.5. The van der Waals surface area contributed by atoms with Crippen molar-refractivity contribution in [3.63, 3.8) is 0 Å². The number of nitrogens with one attached hydrogen (secondary N) is 2. The monoisotopic (exact) mass is 558 g/mol. The van der Waals surface area contributed by atoms with E-state index >= 15 is 0 Å². The van der Waals surface area contributed by atoms with Crippen molar-refractivity contribution in [3.8, 4) is 5.75 Å². The highest BCUT2D eigenvalue weighted by Crippen LogP contribution is 2.31. The van der Waals surface area contributed by atoms with E-state index in [0.29, 0.717) is 38.6 Å². The molecule has 0 aliphatic carbocycles. The maximum atomic E-state index is 13.1. The number of hydrogen-bond acceptors (Lipinski definition) is 8. The molecule has 3 heterocycles. The standard InChI is InChI=1S/C30H50N6O4/c1-33(2)12-13-34(3)27-6-7-28-26(19-27)21-31-22-30(38)36-10-8-24(25(23-36)5-4-16-40-28)20-29(37)32-9-11-35-14-17-39-18-15-35/h6-7,19,24-25,31H,4-5,8-18,20-23H2,1-3H3,(H,32,37)/t24-,25-/m0/s1. The molecule has 2 N–H and O–H groups in total. The lowest BCUT2D eigenvalue weighted by molar-refractivity contribution is -0.133. The minimum atomic E-state index is 0.124. The third-order valence-electron chi connectivity index (χ3n) is 8.48. The highest BCUT2D eigenvalue weighted by molar-refractivity contribution is 5.78. The number of amides is 2. The van der Waals surface area contributed by atoms with E-state index in [1.165, 1.54) is 0 Å². The summed E-state index contributed by atoms with van der Waals surface area (Å²) in [5.41, 5.74) is 2.22. The van der Waals surface area contributed by atoms with Gasteiger partial charge in [0.1, 0.15) is 5.75 Å². The van der Waals surface area contributed by atoms with Gasteiger partial charge in [-0.25, -0.2) is 0 Å². The van der Waals surface area contributed by atoms with Crippen molar-refractivity contribution in [2.24, 2.45) is 11.8 Å². The number of anilines is 1. The SMILES string of the molecule is CN(C)CCN(C)c1ccc2c(c1)CNCC(=O)N1CC[C@@H](CC(=O)NCCN3CCOCC3)[C@@H](CCCO2)C1. The van der Waals surface area contributed by atoms with Crippen LogP contribution >= 0.6 is 0 Å². The minimum Gasteiger partial charge on any atom is -0.493 e. The number of carbonyl (C=O) groups excluding carboxylic acids is 2. The van der Waals surface area contributed by atoms with Gasteiger partial charge >= 0.3 is 0 Å². The van der Waals surface area contributed by atoms with E-state index < -0.39 is 0 Å². The number of nitrogens with zero attached hydrogens (tertiary/aromatic N) is 4. The Kier molecular flexibility index (Phi) is 11.9. The van der Waals surface area contributed by atoms with Crippen molar-refractivity contribution < 1.29 is 19.1 Å². The fourth-order valence-corrected chi connectivity index (χ4v) is 5.90. The number of carbonyl (C=O) groups is 2. The fraction of sp³-hybridized carbons (Fsp3) is 0.733. The third kappa shape index (κ3) is 9.33. The molecule has 1 aromatic rings. The van der Waals surface area contributed by atoms with Crippen molar-refractivity contribution in [3.05, 3.63) is 23.8 Å². The molecule has 4 rings (SSSR count). The second-order valence-corrected chi connectivity index (χ2v) is 11.8. The van der Waals surface area contributed by atoms with Crippen LogP contribution in [0.1, 0.15) is 31.2 Å². The van der Waals surface area contributed by atoms with Gasteiger partial charge in [-0.15, -0.1) is 0 Å². The molecule has 0 unspecified atom stereocenters. The number of hydrogen-bond donors (Lipinski definition) is 2. The van der Waals surface area contributed by atoms with E-state index in [9.17, 15) is 9.59 Å². The maximum Gasteiger partial charge on any atom is 0.236 e. The number of morpholine rings is 1. The second-order valence-electron chi connectivity index (χ2n) is 11.8. The molecule has 3 aliphatic heterocycles. The predicted molar refractivity (Wildman–Crippen MR) is 158 cm³/mol. The smallest absolute Gasteiger partial charge is 0.236 e. The number of fused-ring (bicyclic) bond motifs is 3. The zero-order valence-electron chi connectivity index (χ0n) is 24.8. The zero-order chi connectivity index (χ0) is 28.3. The molecule has 224 valence electrons. The Morgan fingerprint density at radius 2 is 1.90 bits per heavy atom. The molecule has 2 saturated heterocycles. The van der Waals surface area contributed by atoms with E-state index in [1.807, 2.05) is 4.90 Å². The molecule has 10 nitrogen and oxygen atoms in total. The largest absolute Gasteiger partial charge is 0.493 e. The van der Waals surface area contributed by atoms with Crippen LogP contribution in [0.3, 0.4) is 0 Å². The number of likely N-dealkylation sites (N-methyl/N-ethyl adjacent to an activating group) is 2. The summed E-state index contributed by atoms with van der Waals surface area (Å²) in [5, 5.41) is 6.50. The molecule has 0 aromatic heterocycles. The zero-order valence-corrected chi connectivity index (χ0v) is 24.8. The van der Waals surface area contributed by atoms with Crippen LogP contribution in [0.4, 0.5) is 5.69 Å². The van der Waals surface area contributed by atoms with Crippen molar-refractivity contribution in [2.45, 2.75) is 32.2 Å². The van der Waals surface area contributed by atoms with Gasteiger partial charge in [0.2, 0.25) is 11.8 Å². The van der Waals surface area contributed by atoms with Crippen LogP contribution in [-0.2, 0) is 20.9 Å². The molecule has 3 aliphatic rings. The fourth-order valence-electron chi connectivity index (χ4n) is 5.90. The van der Waals surface area contributed by atoms with Crippen LogP contribution in [0.2, 0.25) is 0 Å². The maximum absolute atomic E-state index is 13.1. The van der Waals surface area contributed by atoms with E-state index in [1.54, 1.807) is 0 Å². The van der Waals surface area contributed by atoms with Gasteiger partial charge in [0, 0.05) is 83.6 Å². The van der Waals surface area contributed by atoms with Crippen LogP contribution in [0.15, 0.2) is 18.2 Å². The molecule has 0 radical (unpaired) electrons. The minimum absolute atomic E-state index is 0.124. The summed E-state index contributed by atoms with van der Waals surface area (Å²) in [7, 11) is 6.27. The van der Waals surface area contributed by atoms with Crippen molar-refractivity contribution in [1.82, 2.24) is 25.3 Å². The first kappa shape index (κ1) is 30.6. The second kappa shape index (κ2) is 15.6. The van der Waals surface area contributed by atoms with Crippen LogP contribution in [0.25, 0.3) is 0 Å². The number of rotatable bonds is 9. The molecule has 0 spiro atoms. The summed E-state index contributed by atoms with van der Waals surface area (Å²) in [4.78, 5) is 34.7. The Balaban J connectivity index is 1.32. The molecule has 40 heavy (non-hydrogen) atoms. The van der Waals surface area contributed by atoms with Gasteiger partial charge in [-0.2, -0.15) is 0 Å². The Morgan fingerprint density at radius 3 is 2.70 bits per heavy atom. The van der Waals surface area contributed by atoms with Gasteiger partial charge in [-0.3, -0.25) is 14.5 Å². The van der Waals surface area contributed by atoms with Gasteiger partial charge in [0.25, 0.3) is 0 Å². The normalized spacial score (nSPS) is 22.9. The molecule has 2 fully saturated rings. The van der Waals surface area contributed by atoms with Gasteiger partial charge in [0.15, 0.2) is 0 Å².